The summed E-state index contributed by atoms with van der Waals surface area (Å²) in [6.07, 6.45) is -0.177. The molecule has 20 heavy (non-hydrogen) atoms. The molecule has 1 aliphatic rings. The lowest BCUT2D eigenvalue weighted by Crippen LogP contribution is -2.42. The molecule has 0 N–H and O–H groups in total. The van der Waals surface area contributed by atoms with Crippen LogP contribution in [0.1, 0.15) is 6.92 Å². The fraction of sp³-hybridized carbons (Fsp3) is 0.200. The van der Waals surface area contributed by atoms with E-state index in [0.717, 1.165) is 0 Å². The Bertz CT molecular complexity index is 713. The summed E-state index contributed by atoms with van der Waals surface area (Å²) in [5, 5.41) is 0. The van der Waals surface area contributed by atoms with E-state index in [2.05, 4.69) is 0 Å². The first-order valence-corrected chi connectivity index (χ1v) is 7.86. The molecule has 0 fully saturated rings. The number of hydrogen-bond acceptors (Lipinski definition) is 3. The van der Waals surface area contributed by atoms with Gasteiger partial charge in [0, 0.05) is 0 Å². The number of rotatable bonds is 2. The molecule has 0 radical (unpaired) electrons. The van der Waals surface area contributed by atoms with Gasteiger partial charge in [-0.25, -0.2) is 8.42 Å². The Morgan fingerprint density at radius 3 is 2.45 bits per heavy atom. The molecule has 2 aromatic rings. The number of para-hydroxylation sites is 2. The highest BCUT2D eigenvalue weighted by molar-refractivity contribution is 7.92. The van der Waals surface area contributed by atoms with E-state index in [9.17, 15) is 8.42 Å². The van der Waals surface area contributed by atoms with E-state index in [0.29, 0.717) is 22.9 Å². The highest BCUT2D eigenvalue weighted by Crippen LogP contribution is 2.36. The molecule has 0 spiro atoms. The molecule has 1 unspecified atom stereocenters. The van der Waals surface area contributed by atoms with Gasteiger partial charge in [0.15, 0.2) is 0 Å². The number of anilines is 1. The highest BCUT2D eigenvalue weighted by atomic mass is 32.2. The summed E-state index contributed by atoms with van der Waals surface area (Å²) in [5.74, 6) is 0.603. The van der Waals surface area contributed by atoms with Crippen LogP contribution in [0, 0.1) is 0 Å². The monoisotopic (exact) mass is 289 g/mol. The number of ether oxygens (including phenoxy) is 1. The zero-order valence-electron chi connectivity index (χ0n) is 11.1. The Labute approximate surface area is 118 Å². The minimum atomic E-state index is -3.56. The van der Waals surface area contributed by atoms with Gasteiger partial charge in [-0.15, -0.1) is 0 Å². The summed E-state index contributed by atoms with van der Waals surface area (Å²) >= 11 is 0. The first kappa shape index (κ1) is 13.0. The van der Waals surface area contributed by atoms with Crippen LogP contribution in [0.15, 0.2) is 59.5 Å². The molecule has 104 valence electrons. The molecule has 0 saturated heterocycles. The number of sulfonamides is 1. The average molecular weight is 289 g/mol. The van der Waals surface area contributed by atoms with Crippen molar-refractivity contribution >= 4 is 15.7 Å². The summed E-state index contributed by atoms with van der Waals surface area (Å²) in [6, 6.07) is 15.7. The molecule has 5 heteroatoms. The molecule has 4 nitrogen and oxygen atoms in total. The summed E-state index contributed by atoms with van der Waals surface area (Å²) in [6.45, 7) is 2.18. The number of fused-ring (bicyclic) bond motifs is 1. The molecule has 0 amide bonds. The standard InChI is InChI=1S/C15H15NO3S/c1-12-11-16(14-9-5-6-10-15(14)19-12)20(17,18)13-7-3-2-4-8-13/h2-10,12H,11H2,1H3. The summed E-state index contributed by atoms with van der Waals surface area (Å²) < 4.78 is 32.6. The van der Waals surface area contributed by atoms with Gasteiger partial charge >= 0.3 is 0 Å². The van der Waals surface area contributed by atoms with Crippen molar-refractivity contribution in [2.75, 3.05) is 10.8 Å². The van der Waals surface area contributed by atoms with Crippen LogP contribution in [-0.4, -0.2) is 21.1 Å². The predicted octanol–water partition coefficient (Wildman–Crippen LogP) is 2.66. The molecule has 1 heterocycles. The fourth-order valence-corrected chi connectivity index (χ4v) is 3.87. The maximum atomic E-state index is 12.8. The van der Waals surface area contributed by atoms with Crippen LogP contribution >= 0.6 is 0 Å². The summed E-state index contributed by atoms with van der Waals surface area (Å²) in [4.78, 5) is 0.295. The van der Waals surface area contributed by atoms with Crippen molar-refractivity contribution in [2.24, 2.45) is 0 Å². The van der Waals surface area contributed by atoms with Crippen molar-refractivity contribution in [1.29, 1.82) is 0 Å². The second-order valence-electron chi connectivity index (χ2n) is 4.75. The normalized spacial score (nSPS) is 18.2. The molecular formula is C15H15NO3S. The van der Waals surface area contributed by atoms with E-state index in [1.807, 2.05) is 19.1 Å². The second kappa shape index (κ2) is 4.83. The molecule has 2 aromatic carbocycles. The predicted molar refractivity (Wildman–Crippen MR) is 77.5 cm³/mol. The maximum absolute atomic E-state index is 12.8. The Hall–Kier alpha value is -2.01. The van der Waals surface area contributed by atoms with Crippen molar-refractivity contribution in [2.45, 2.75) is 17.9 Å². The SMILES string of the molecule is CC1CN(S(=O)(=O)c2ccccc2)c2ccccc2O1. The van der Waals surface area contributed by atoms with Crippen molar-refractivity contribution in [3.8, 4) is 5.75 Å². The highest BCUT2D eigenvalue weighted by Gasteiger charge is 2.32. The fourth-order valence-electron chi connectivity index (χ4n) is 2.30. The third-order valence-corrected chi connectivity index (χ3v) is 5.01. The molecule has 0 aliphatic carbocycles. The second-order valence-corrected chi connectivity index (χ2v) is 6.61. The van der Waals surface area contributed by atoms with E-state index in [1.54, 1.807) is 42.5 Å². The van der Waals surface area contributed by atoms with Crippen LogP contribution < -0.4 is 9.04 Å². The smallest absolute Gasteiger partial charge is 0.264 e. The molecule has 0 aromatic heterocycles. The topological polar surface area (TPSA) is 46.6 Å². The van der Waals surface area contributed by atoms with Gasteiger partial charge < -0.3 is 4.74 Å². The molecule has 0 bridgehead atoms. The van der Waals surface area contributed by atoms with Crippen LogP contribution in [0.4, 0.5) is 5.69 Å². The first-order valence-electron chi connectivity index (χ1n) is 6.42. The van der Waals surface area contributed by atoms with Gasteiger partial charge in [-0.2, -0.15) is 0 Å². The van der Waals surface area contributed by atoms with Crippen LogP contribution in [0.2, 0.25) is 0 Å². The average Bonchev–Trinajstić information content (AvgIpc) is 2.47. The quantitative estimate of drug-likeness (QED) is 0.854. The van der Waals surface area contributed by atoms with Gasteiger partial charge in [0.25, 0.3) is 10.0 Å². The Morgan fingerprint density at radius 2 is 1.70 bits per heavy atom. The molecule has 1 atom stereocenters. The van der Waals surface area contributed by atoms with Gasteiger partial charge in [-0.3, -0.25) is 4.31 Å². The third-order valence-electron chi connectivity index (χ3n) is 3.22. The zero-order chi connectivity index (χ0) is 14.2. The molecule has 1 aliphatic heterocycles. The maximum Gasteiger partial charge on any atom is 0.264 e. The van der Waals surface area contributed by atoms with Crippen LogP contribution in [0.3, 0.4) is 0 Å². The van der Waals surface area contributed by atoms with E-state index in [4.69, 9.17) is 4.74 Å². The lowest BCUT2D eigenvalue weighted by Gasteiger charge is -2.34. The minimum absolute atomic E-state index is 0.177. The first-order chi connectivity index (χ1) is 9.59. The Morgan fingerprint density at radius 1 is 1.05 bits per heavy atom. The molecule has 3 rings (SSSR count). The van der Waals surface area contributed by atoms with Crippen LogP contribution in [0.5, 0.6) is 5.75 Å². The van der Waals surface area contributed by atoms with Crippen molar-refractivity contribution in [3.63, 3.8) is 0 Å². The molecular weight excluding hydrogens is 274 g/mol. The van der Waals surface area contributed by atoms with E-state index >= 15 is 0 Å². The Balaban J connectivity index is 2.11. The zero-order valence-corrected chi connectivity index (χ0v) is 11.9. The van der Waals surface area contributed by atoms with Gasteiger partial charge in [0.2, 0.25) is 0 Å². The van der Waals surface area contributed by atoms with E-state index < -0.39 is 10.0 Å². The van der Waals surface area contributed by atoms with Crippen molar-refractivity contribution in [1.82, 2.24) is 0 Å². The van der Waals surface area contributed by atoms with Crippen LogP contribution in [0.25, 0.3) is 0 Å². The number of benzene rings is 2. The molecule has 0 saturated carbocycles. The number of hydrogen-bond donors (Lipinski definition) is 0. The van der Waals surface area contributed by atoms with Gasteiger partial charge in [0.05, 0.1) is 17.1 Å². The van der Waals surface area contributed by atoms with Crippen molar-refractivity contribution < 1.29 is 13.2 Å². The minimum Gasteiger partial charge on any atom is -0.487 e. The van der Waals surface area contributed by atoms with Crippen LogP contribution in [-0.2, 0) is 10.0 Å². The van der Waals surface area contributed by atoms with E-state index in [-0.39, 0.29) is 6.10 Å². The van der Waals surface area contributed by atoms with E-state index in [1.165, 1.54) is 4.31 Å². The lowest BCUT2D eigenvalue weighted by atomic mass is 10.2. The summed E-state index contributed by atoms with van der Waals surface area (Å²) in [7, 11) is -3.56. The largest absolute Gasteiger partial charge is 0.487 e. The summed E-state index contributed by atoms with van der Waals surface area (Å²) in [5.41, 5.74) is 0.592. The Kier molecular flexibility index (Phi) is 3.14. The van der Waals surface area contributed by atoms with Gasteiger partial charge in [-0.1, -0.05) is 30.3 Å². The van der Waals surface area contributed by atoms with Gasteiger partial charge in [-0.05, 0) is 31.2 Å². The van der Waals surface area contributed by atoms with Gasteiger partial charge in [0.1, 0.15) is 11.9 Å². The third kappa shape index (κ3) is 2.14. The van der Waals surface area contributed by atoms with Crippen molar-refractivity contribution in [3.05, 3.63) is 54.6 Å². The number of nitrogens with zero attached hydrogens (tertiary/aromatic N) is 1. The lowest BCUT2D eigenvalue weighted by molar-refractivity contribution is 0.219.